The minimum atomic E-state index is -3.37. The summed E-state index contributed by atoms with van der Waals surface area (Å²) in [6.07, 6.45) is 2.58. The molecule has 5 nitrogen and oxygen atoms in total. The molecule has 0 atom stereocenters. The fourth-order valence-electron chi connectivity index (χ4n) is 2.63. The summed E-state index contributed by atoms with van der Waals surface area (Å²) in [4.78, 5) is 12.1. The Morgan fingerprint density at radius 1 is 1.29 bits per heavy atom. The van der Waals surface area contributed by atoms with Gasteiger partial charge in [-0.3, -0.25) is 4.79 Å². The fraction of sp³-hybridized carbons (Fsp3) is 0.357. The van der Waals surface area contributed by atoms with Gasteiger partial charge in [0.15, 0.2) is 0 Å². The topological polar surface area (TPSA) is 59.4 Å². The zero-order valence-electron chi connectivity index (χ0n) is 11.3. The first-order valence-electron chi connectivity index (χ1n) is 6.75. The van der Waals surface area contributed by atoms with E-state index in [1.807, 2.05) is 29.0 Å². The maximum Gasteiger partial charge on any atom is 0.237 e. The summed E-state index contributed by atoms with van der Waals surface area (Å²) in [5, 5.41) is 1.67. The van der Waals surface area contributed by atoms with Crippen LogP contribution in [0.5, 0.6) is 0 Å². The standard InChI is InChI=1S/C14H15ClN2O3S/c15-12-2-3-13-11(10-12)4-7-16(13)8-5-14(18)17-6-1-9-21(17,19)20/h2-4,7,10H,1,5-6,8-9H2. The second-order valence-corrected chi connectivity index (χ2v) is 7.55. The van der Waals surface area contributed by atoms with E-state index in [4.69, 9.17) is 11.6 Å². The maximum absolute atomic E-state index is 12.1. The van der Waals surface area contributed by atoms with E-state index in [-0.39, 0.29) is 18.1 Å². The number of aryl methyl sites for hydroxylation is 1. The van der Waals surface area contributed by atoms with Crippen LogP contribution in [0.4, 0.5) is 0 Å². The maximum atomic E-state index is 12.1. The molecule has 0 N–H and O–H groups in total. The number of carbonyl (C=O) groups excluding carboxylic acids is 1. The molecule has 3 rings (SSSR count). The van der Waals surface area contributed by atoms with Crippen LogP contribution >= 0.6 is 11.6 Å². The van der Waals surface area contributed by atoms with Gasteiger partial charge < -0.3 is 4.57 Å². The third kappa shape index (κ3) is 2.78. The van der Waals surface area contributed by atoms with Gasteiger partial charge in [-0.15, -0.1) is 0 Å². The van der Waals surface area contributed by atoms with E-state index in [0.717, 1.165) is 15.2 Å². The molecule has 0 aliphatic carbocycles. The predicted octanol–water partition coefficient (Wildman–Crippen LogP) is 2.25. The van der Waals surface area contributed by atoms with Gasteiger partial charge >= 0.3 is 0 Å². The van der Waals surface area contributed by atoms with Crippen molar-refractivity contribution in [1.82, 2.24) is 8.87 Å². The molecule has 0 radical (unpaired) electrons. The fourth-order valence-corrected chi connectivity index (χ4v) is 4.33. The first-order valence-corrected chi connectivity index (χ1v) is 8.74. The van der Waals surface area contributed by atoms with Crippen molar-refractivity contribution >= 4 is 38.4 Å². The molecule has 0 spiro atoms. The van der Waals surface area contributed by atoms with Gasteiger partial charge in [-0.2, -0.15) is 0 Å². The van der Waals surface area contributed by atoms with Crippen molar-refractivity contribution in [3.05, 3.63) is 35.5 Å². The number of aromatic nitrogens is 1. The Morgan fingerprint density at radius 2 is 2.10 bits per heavy atom. The smallest absolute Gasteiger partial charge is 0.237 e. The number of carbonyl (C=O) groups is 1. The van der Waals surface area contributed by atoms with E-state index in [1.165, 1.54) is 0 Å². The number of hydrogen-bond acceptors (Lipinski definition) is 3. The molecule has 7 heteroatoms. The Balaban J connectivity index is 1.73. The molecule has 0 bridgehead atoms. The number of nitrogens with zero attached hydrogens (tertiary/aromatic N) is 2. The highest BCUT2D eigenvalue weighted by molar-refractivity contribution is 7.89. The minimum Gasteiger partial charge on any atom is -0.347 e. The second kappa shape index (κ2) is 5.35. The number of amides is 1. The lowest BCUT2D eigenvalue weighted by Gasteiger charge is -2.15. The molecule has 2 heterocycles. The van der Waals surface area contributed by atoms with E-state index in [1.54, 1.807) is 6.07 Å². The molecule has 112 valence electrons. The zero-order chi connectivity index (χ0) is 15.0. The monoisotopic (exact) mass is 326 g/mol. The van der Waals surface area contributed by atoms with E-state index in [2.05, 4.69) is 0 Å². The van der Waals surface area contributed by atoms with Crippen molar-refractivity contribution in [2.45, 2.75) is 19.4 Å². The lowest BCUT2D eigenvalue weighted by atomic mass is 10.2. The van der Waals surface area contributed by atoms with Crippen LogP contribution in [0.25, 0.3) is 10.9 Å². The van der Waals surface area contributed by atoms with Gasteiger partial charge in [0.25, 0.3) is 0 Å². The molecule has 1 aliphatic heterocycles. The van der Waals surface area contributed by atoms with Gasteiger partial charge in [0.2, 0.25) is 15.9 Å². The molecule has 1 saturated heterocycles. The molecule has 2 aromatic rings. The van der Waals surface area contributed by atoms with Crippen molar-refractivity contribution in [2.24, 2.45) is 0 Å². The van der Waals surface area contributed by atoms with E-state index in [0.29, 0.717) is 24.5 Å². The lowest BCUT2D eigenvalue weighted by Crippen LogP contribution is -2.33. The molecule has 0 unspecified atom stereocenters. The number of fused-ring (bicyclic) bond motifs is 1. The SMILES string of the molecule is O=C(CCn1ccc2cc(Cl)ccc21)N1CCCS1(=O)=O. The average Bonchev–Trinajstić information content (AvgIpc) is 2.98. The van der Waals surface area contributed by atoms with Crippen molar-refractivity contribution in [1.29, 1.82) is 0 Å². The lowest BCUT2D eigenvalue weighted by molar-refractivity contribution is -0.126. The number of halogens is 1. The minimum absolute atomic E-state index is 0.0731. The number of rotatable bonds is 3. The van der Waals surface area contributed by atoms with Crippen molar-refractivity contribution in [3.8, 4) is 0 Å². The molecule has 1 aromatic heterocycles. The van der Waals surface area contributed by atoms with Gasteiger partial charge in [-0.05, 0) is 30.7 Å². The van der Waals surface area contributed by atoms with Crippen LogP contribution in [0, 0.1) is 0 Å². The summed E-state index contributed by atoms with van der Waals surface area (Å²) in [5.41, 5.74) is 0.983. The normalized spacial score (nSPS) is 17.5. The van der Waals surface area contributed by atoms with Crippen LogP contribution in [0.1, 0.15) is 12.8 Å². The van der Waals surface area contributed by atoms with Gasteiger partial charge in [0.1, 0.15) is 0 Å². The van der Waals surface area contributed by atoms with Crippen LogP contribution in [-0.4, -0.2) is 35.5 Å². The third-order valence-electron chi connectivity index (χ3n) is 3.68. The Bertz CT molecular complexity index is 798. The Hall–Kier alpha value is -1.53. The molecule has 21 heavy (non-hydrogen) atoms. The summed E-state index contributed by atoms with van der Waals surface area (Å²) >= 11 is 5.94. The average molecular weight is 327 g/mol. The summed E-state index contributed by atoms with van der Waals surface area (Å²) in [5.74, 6) is -0.257. The molecular formula is C14H15ClN2O3S. The van der Waals surface area contributed by atoms with Gasteiger partial charge in [-0.25, -0.2) is 12.7 Å². The highest BCUT2D eigenvalue weighted by Crippen LogP contribution is 2.21. The molecule has 1 fully saturated rings. The summed E-state index contributed by atoms with van der Waals surface area (Å²) in [7, 11) is -3.37. The van der Waals surface area contributed by atoms with Crippen LogP contribution in [0.15, 0.2) is 30.5 Å². The van der Waals surface area contributed by atoms with Crippen molar-refractivity contribution in [2.75, 3.05) is 12.3 Å². The van der Waals surface area contributed by atoms with Crippen molar-refractivity contribution in [3.63, 3.8) is 0 Å². The largest absolute Gasteiger partial charge is 0.347 e. The Morgan fingerprint density at radius 3 is 2.81 bits per heavy atom. The Labute approximate surface area is 128 Å². The highest BCUT2D eigenvalue weighted by Gasteiger charge is 2.31. The molecule has 1 aliphatic rings. The first-order chi connectivity index (χ1) is 9.97. The first kappa shape index (κ1) is 14.4. The number of hydrogen-bond donors (Lipinski definition) is 0. The van der Waals surface area contributed by atoms with Crippen LogP contribution in [0.3, 0.4) is 0 Å². The molecule has 0 saturated carbocycles. The highest BCUT2D eigenvalue weighted by atomic mass is 35.5. The summed E-state index contributed by atoms with van der Waals surface area (Å²) in [6.45, 7) is 0.763. The Kier molecular flexibility index (Phi) is 3.67. The van der Waals surface area contributed by atoms with E-state index < -0.39 is 10.0 Å². The van der Waals surface area contributed by atoms with Crippen LogP contribution in [-0.2, 0) is 21.4 Å². The summed E-state index contributed by atoms with van der Waals surface area (Å²) in [6, 6.07) is 7.49. The molecule has 1 amide bonds. The molecular weight excluding hydrogens is 312 g/mol. The number of sulfonamides is 1. The predicted molar refractivity (Wildman–Crippen MR) is 81.7 cm³/mol. The van der Waals surface area contributed by atoms with E-state index in [9.17, 15) is 13.2 Å². The summed E-state index contributed by atoms with van der Waals surface area (Å²) < 4.78 is 26.3. The van der Waals surface area contributed by atoms with Crippen LogP contribution in [0.2, 0.25) is 5.02 Å². The van der Waals surface area contributed by atoms with Crippen LogP contribution < -0.4 is 0 Å². The van der Waals surface area contributed by atoms with Gasteiger partial charge in [0, 0.05) is 41.6 Å². The zero-order valence-corrected chi connectivity index (χ0v) is 12.9. The third-order valence-corrected chi connectivity index (χ3v) is 5.77. The van der Waals surface area contributed by atoms with Gasteiger partial charge in [-0.1, -0.05) is 11.6 Å². The quantitative estimate of drug-likeness (QED) is 0.869. The second-order valence-electron chi connectivity index (χ2n) is 5.10. The number of benzene rings is 1. The van der Waals surface area contributed by atoms with E-state index >= 15 is 0 Å². The van der Waals surface area contributed by atoms with Gasteiger partial charge in [0.05, 0.1) is 5.75 Å². The van der Waals surface area contributed by atoms with Crippen molar-refractivity contribution < 1.29 is 13.2 Å². The molecule has 1 aromatic carbocycles.